The summed E-state index contributed by atoms with van der Waals surface area (Å²) < 4.78 is 12.5. The molecule has 0 saturated heterocycles. The van der Waals surface area contributed by atoms with E-state index in [1.54, 1.807) is 14.2 Å². The molecule has 2 aromatic heterocycles. The van der Waals surface area contributed by atoms with Gasteiger partial charge in [-0.15, -0.1) is 0 Å². The summed E-state index contributed by atoms with van der Waals surface area (Å²) in [6, 6.07) is 9.35. The Labute approximate surface area is 121 Å². The fourth-order valence-corrected chi connectivity index (χ4v) is 2.27. The molecule has 0 fully saturated rings. The van der Waals surface area contributed by atoms with Crippen LogP contribution in [0.15, 0.2) is 42.7 Å². The lowest BCUT2D eigenvalue weighted by Crippen LogP contribution is -1.90. The summed E-state index contributed by atoms with van der Waals surface area (Å²) >= 11 is 5.98. The van der Waals surface area contributed by atoms with Gasteiger partial charge in [-0.3, -0.25) is 0 Å². The normalized spacial score (nSPS) is 10.8. The average Bonchev–Trinajstić information content (AvgIpc) is 2.89. The highest BCUT2D eigenvalue weighted by Crippen LogP contribution is 2.32. The Morgan fingerprint density at radius 3 is 2.65 bits per heavy atom. The minimum Gasteiger partial charge on any atom is -0.497 e. The minimum atomic E-state index is 0.670. The van der Waals surface area contributed by atoms with Crippen LogP contribution in [0.3, 0.4) is 0 Å². The van der Waals surface area contributed by atoms with Gasteiger partial charge in [-0.05, 0) is 24.3 Å². The molecule has 0 saturated carbocycles. The van der Waals surface area contributed by atoms with E-state index in [1.165, 1.54) is 0 Å². The molecule has 0 unspecified atom stereocenters. The number of pyridine rings is 1. The summed E-state index contributed by atoms with van der Waals surface area (Å²) in [6.07, 6.45) is 3.74. The van der Waals surface area contributed by atoms with Crippen LogP contribution >= 0.6 is 11.6 Å². The van der Waals surface area contributed by atoms with Crippen molar-refractivity contribution in [2.75, 3.05) is 14.2 Å². The van der Waals surface area contributed by atoms with Crippen LogP contribution < -0.4 is 9.47 Å². The molecule has 1 aromatic carbocycles. The molecular weight excluding hydrogens is 276 g/mol. The molecule has 3 aromatic rings. The quantitative estimate of drug-likeness (QED) is 0.738. The van der Waals surface area contributed by atoms with Crippen LogP contribution in [0.5, 0.6) is 11.5 Å². The van der Waals surface area contributed by atoms with Gasteiger partial charge in [0, 0.05) is 24.0 Å². The van der Waals surface area contributed by atoms with Crippen LogP contribution in [0, 0.1) is 0 Å². The van der Waals surface area contributed by atoms with E-state index < -0.39 is 0 Å². The van der Waals surface area contributed by atoms with Crippen molar-refractivity contribution in [3.63, 3.8) is 0 Å². The molecule has 0 aliphatic rings. The van der Waals surface area contributed by atoms with Gasteiger partial charge in [0.05, 0.1) is 24.9 Å². The third-order valence-electron chi connectivity index (χ3n) is 3.10. The Morgan fingerprint density at radius 2 is 1.90 bits per heavy atom. The van der Waals surface area contributed by atoms with Crippen LogP contribution in [0.2, 0.25) is 5.02 Å². The highest BCUT2D eigenvalue weighted by Gasteiger charge is 2.11. The molecule has 0 aliphatic heterocycles. The van der Waals surface area contributed by atoms with Crippen molar-refractivity contribution >= 4 is 17.2 Å². The topological polar surface area (TPSA) is 35.8 Å². The lowest BCUT2D eigenvalue weighted by molar-refractivity contribution is 0.395. The first-order valence-electron chi connectivity index (χ1n) is 6.08. The second-order valence-corrected chi connectivity index (χ2v) is 4.74. The number of hydrogen-bond donors (Lipinski definition) is 0. The van der Waals surface area contributed by atoms with Crippen molar-refractivity contribution in [3.8, 4) is 22.8 Å². The zero-order valence-electron chi connectivity index (χ0n) is 11.1. The average molecular weight is 289 g/mol. The fourth-order valence-electron chi connectivity index (χ4n) is 2.10. The molecule has 0 bridgehead atoms. The van der Waals surface area contributed by atoms with Gasteiger partial charge in [0.15, 0.2) is 0 Å². The van der Waals surface area contributed by atoms with Gasteiger partial charge in [-0.25, -0.2) is 4.98 Å². The molecule has 20 heavy (non-hydrogen) atoms. The highest BCUT2D eigenvalue weighted by atomic mass is 35.5. The van der Waals surface area contributed by atoms with Gasteiger partial charge < -0.3 is 13.9 Å². The fraction of sp³-hybridized carbons (Fsp3) is 0.133. The summed E-state index contributed by atoms with van der Waals surface area (Å²) in [5, 5.41) is 0.670. The number of aromatic nitrogens is 2. The zero-order chi connectivity index (χ0) is 14.1. The maximum absolute atomic E-state index is 5.98. The van der Waals surface area contributed by atoms with Crippen molar-refractivity contribution in [3.05, 3.63) is 47.7 Å². The van der Waals surface area contributed by atoms with Crippen molar-refractivity contribution < 1.29 is 9.47 Å². The van der Waals surface area contributed by atoms with Gasteiger partial charge in [0.25, 0.3) is 0 Å². The summed E-state index contributed by atoms with van der Waals surface area (Å²) in [7, 11) is 3.26. The molecule has 0 atom stereocenters. The van der Waals surface area contributed by atoms with Crippen LogP contribution in [-0.2, 0) is 0 Å². The number of nitrogens with zero attached hydrogens (tertiary/aromatic N) is 2. The van der Waals surface area contributed by atoms with Gasteiger partial charge in [-0.2, -0.15) is 0 Å². The lowest BCUT2D eigenvalue weighted by Gasteiger charge is -2.08. The summed E-state index contributed by atoms with van der Waals surface area (Å²) in [4.78, 5) is 4.57. The minimum absolute atomic E-state index is 0.670. The van der Waals surface area contributed by atoms with Crippen LogP contribution in [-0.4, -0.2) is 23.6 Å². The van der Waals surface area contributed by atoms with Gasteiger partial charge in [-0.1, -0.05) is 11.6 Å². The van der Waals surface area contributed by atoms with E-state index in [9.17, 15) is 0 Å². The molecule has 0 spiro atoms. The lowest BCUT2D eigenvalue weighted by atomic mass is 10.1. The number of halogens is 1. The molecule has 0 N–H and O–H groups in total. The monoisotopic (exact) mass is 288 g/mol. The van der Waals surface area contributed by atoms with Crippen molar-refractivity contribution in [2.24, 2.45) is 0 Å². The van der Waals surface area contributed by atoms with Gasteiger partial charge in [0.1, 0.15) is 17.1 Å². The Hall–Kier alpha value is -2.20. The van der Waals surface area contributed by atoms with E-state index >= 15 is 0 Å². The van der Waals surface area contributed by atoms with Crippen molar-refractivity contribution in [1.82, 2.24) is 9.38 Å². The number of benzene rings is 1. The smallest absolute Gasteiger partial charge is 0.137 e. The summed E-state index contributed by atoms with van der Waals surface area (Å²) in [5.74, 6) is 1.47. The molecule has 0 aliphatic carbocycles. The molecule has 0 amide bonds. The number of hydrogen-bond acceptors (Lipinski definition) is 3. The van der Waals surface area contributed by atoms with Crippen LogP contribution in [0.4, 0.5) is 0 Å². The van der Waals surface area contributed by atoms with Crippen molar-refractivity contribution in [2.45, 2.75) is 0 Å². The Balaban J connectivity index is 2.14. The third-order valence-corrected chi connectivity index (χ3v) is 3.32. The number of ether oxygens (including phenoxy) is 2. The standard InChI is InChI=1S/C15H13ClN2O2/c1-19-11-4-5-12(14(7-11)20-2)13-9-18-8-10(16)3-6-15(18)17-13/h3-9H,1-2H3. The zero-order valence-corrected chi connectivity index (χ0v) is 11.9. The number of methoxy groups -OCH3 is 2. The van der Waals surface area contributed by atoms with Crippen LogP contribution in [0.25, 0.3) is 16.9 Å². The molecule has 102 valence electrons. The first-order valence-corrected chi connectivity index (χ1v) is 6.45. The summed E-state index contributed by atoms with van der Waals surface area (Å²) in [6.45, 7) is 0. The molecule has 3 rings (SSSR count). The largest absolute Gasteiger partial charge is 0.497 e. The molecule has 2 heterocycles. The van der Waals surface area contributed by atoms with Gasteiger partial charge >= 0.3 is 0 Å². The highest BCUT2D eigenvalue weighted by molar-refractivity contribution is 6.30. The first-order chi connectivity index (χ1) is 9.71. The number of imidazole rings is 1. The second kappa shape index (κ2) is 5.06. The predicted octanol–water partition coefficient (Wildman–Crippen LogP) is 3.67. The van der Waals surface area contributed by atoms with E-state index in [4.69, 9.17) is 21.1 Å². The Kier molecular flexibility index (Phi) is 3.24. The maximum atomic E-state index is 5.98. The van der Waals surface area contributed by atoms with E-state index in [0.29, 0.717) is 5.02 Å². The van der Waals surface area contributed by atoms with Gasteiger partial charge in [0.2, 0.25) is 0 Å². The maximum Gasteiger partial charge on any atom is 0.137 e. The number of fused-ring (bicyclic) bond motifs is 1. The first kappa shape index (κ1) is 12.8. The predicted molar refractivity (Wildman–Crippen MR) is 78.7 cm³/mol. The molecular formula is C15H13ClN2O2. The van der Waals surface area contributed by atoms with E-state index in [-0.39, 0.29) is 0 Å². The second-order valence-electron chi connectivity index (χ2n) is 4.31. The molecule has 4 nitrogen and oxygen atoms in total. The molecule has 0 radical (unpaired) electrons. The Morgan fingerprint density at radius 1 is 1.05 bits per heavy atom. The third kappa shape index (κ3) is 2.18. The van der Waals surface area contributed by atoms with E-state index in [0.717, 1.165) is 28.4 Å². The SMILES string of the molecule is COc1ccc(-c2cn3cc(Cl)ccc3n2)c(OC)c1. The number of rotatable bonds is 3. The van der Waals surface area contributed by atoms with Crippen molar-refractivity contribution in [1.29, 1.82) is 0 Å². The van der Waals surface area contributed by atoms with E-state index in [1.807, 2.05) is 47.1 Å². The molecule has 5 heteroatoms. The Bertz CT molecular complexity index is 768. The van der Waals surface area contributed by atoms with E-state index in [2.05, 4.69) is 4.98 Å². The summed E-state index contributed by atoms with van der Waals surface area (Å²) in [5.41, 5.74) is 2.57. The van der Waals surface area contributed by atoms with Crippen LogP contribution in [0.1, 0.15) is 0 Å².